The van der Waals surface area contributed by atoms with E-state index in [4.69, 9.17) is 4.74 Å². The molecular weight excluding hydrogens is 244 g/mol. The molecule has 18 heavy (non-hydrogen) atoms. The number of hydrogen-bond donors (Lipinski definition) is 0. The zero-order valence-corrected chi connectivity index (χ0v) is 12.1. The fourth-order valence-corrected chi connectivity index (χ4v) is 2.54. The number of ether oxygens (including phenoxy) is 1. The third-order valence-corrected chi connectivity index (χ3v) is 3.70. The Hall–Kier alpha value is -0.830. The molecule has 0 aliphatic rings. The summed E-state index contributed by atoms with van der Waals surface area (Å²) in [6.45, 7) is 2.73. The van der Waals surface area contributed by atoms with Crippen molar-refractivity contribution in [2.24, 2.45) is 0 Å². The predicted molar refractivity (Wildman–Crippen MR) is 77.0 cm³/mol. The van der Waals surface area contributed by atoms with Crippen molar-refractivity contribution in [1.82, 2.24) is 0 Å². The molecule has 102 valence electrons. The SMILES string of the molecule is CCCCCCCCC(=O)OCCc1ccsc1. The lowest BCUT2D eigenvalue weighted by atomic mass is 10.1. The molecule has 0 fully saturated rings. The summed E-state index contributed by atoms with van der Waals surface area (Å²) in [5.74, 6) is -0.0410. The standard InChI is InChI=1S/C15H24O2S/c1-2-3-4-5-6-7-8-15(16)17-11-9-14-10-12-18-13-14/h10,12-13H,2-9,11H2,1H3. The zero-order chi connectivity index (χ0) is 13.1. The van der Waals surface area contributed by atoms with Gasteiger partial charge in [-0.25, -0.2) is 0 Å². The summed E-state index contributed by atoms with van der Waals surface area (Å²) in [6, 6.07) is 2.08. The van der Waals surface area contributed by atoms with Crippen molar-refractivity contribution in [3.05, 3.63) is 22.4 Å². The minimum atomic E-state index is -0.0410. The molecule has 0 saturated carbocycles. The summed E-state index contributed by atoms with van der Waals surface area (Å²) in [5.41, 5.74) is 1.26. The fraction of sp³-hybridized carbons (Fsp3) is 0.667. The molecule has 0 unspecified atom stereocenters. The van der Waals surface area contributed by atoms with Gasteiger partial charge < -0.3 is 4.74 Å². The highest BCUT2D eigenvalue weighted by Gasteiger charge is 2.02. The van der Waals surface area contributed by atoms with Crippen LogP contribution in [0.15, 0.2) is 16.8 Å². The topological polar surface area (TPSA) is 26.3 Å². The third kappa shape index (κ3) is 7.49. The van der Waals surface area contributed by atoms with Gasteiger partial charge in [-0.1, -0.05) is 39.0 Å². The highest BCUT2D eigenvalue weighted by atomic mass is 32.1. The number of thiophene rings is 1. The first kappa shape index (κ1) is 15.2. The van der Waals surface area contributed by atoms with E-state index in [0.717, 1.165) is 19.3 Å². The molecule has 2 nitrogen and oxygen atoms in total. The first-order valence-electron chi connectivity index (χ1n) is 6.99. The monoisotopic (exact) mass is 268 g/mol. The van der Waals surface area contributed by atoms with Gasteiger partial charge in [0.25, 0.3) is 0 Å². The van der Waals surface area contributed by atoms with E-state index in [9.17, 15) is 4.79 Å². The van der Waals surface area contributed by atoms with E-state index in [1.807, 2.05) is 5.38 Å². The van der Waals surface area contributed by atoms with Crippen molar-refractivity contribution in [3.8, 4) is 0 Å². The van der Waals surface area contributed by atoms with Crippen LogP contribution in [-0.2, 0) is 16.0 Å². The second-order valence-corrected chi connectivity index (χ2v) is 5.40. The summed E-state index contributed by atoms with van der Waals surface area (Å²) in [5, 5.41) is 4.15. The molecule has 0 spiro atoms. The molecule has 0 bridgehead atoms. The smallest absolute Gasteiger partial charge is 0.305 e. The first-order valence-corrected chi connectivity index (χ1v) is 7.94. The van der Waals surface area contributed by atoms with E-state index >= 15 is 0 Å². The van der Waals surface area contributed by atoms with E-state index in [0.29, 0.717) is 13.0 Å². The Kier molecular flexibility index (Phi) is 8.57. The van der Waals surface area contributed by atoms with Gasteiger partial charge in [0, 0.05) is 12.8 Å². The number of carbonyl (C=O) groups excluding carboxylic acids is 1. The van der Waals surface area contributed by atoms with Crippen LogP contribution in [0, 0.1) is 0 Å². The van der Waals surface area contributed by atoms with E-state index in [1.54, 1.807) is 11.3 Å². The lowest BCUT2D eigenvalue weighted by Crippen LogP contribution is -2.07. The van der Waals surface area contributed by atoms with Gasteiger partial charge in [0.05, 0.1) is 6.61 Å². The molecule has 0 N–H and O–H groups in total. The van der Waals surface area contributed by atoms with Crippen molar-refractivity contribution < 1.29 is 9.53 Å². The number of esters is 1. The van der Waals surface area contributed by atoms with Crippen molar-refractivity contribution in [2.45, 2.75) is 58.3 Å². The molecule has 0 aliphatic carbocycles. The van der Waals surface area contributed by atoms with Crippen LogP contribution in [0.1, 0.15) is 57.4 Å². The van der Waals surface area contributed by atoms with E-state index < -0.39 is 0 Å². The Labute approximate surface area is 114 Å². The molecular formula is C15H24O2S. The normalized spacial score (nSPS) is 10.5. The molecule has 1 aromatic heterocycles. The molecule has 0 aliphatic heterocycles. The maximum atomic E-state index is 11.4. The molecule has 0 atom stereocenters. The molecule has 1 aromatic rings. The Morgan fingerprint density at radius 1 is 1.22 bits per heavy atom. The third-order valence-electron chi connectivity index (χ3n) is 2.97. The average molecular weight is 268 g/mol. The lowest BCUT2D eigenvalue weighted by Gasteiger charge is -2.04. The summed E-state index contributed by atoms with van der Waals surface area (Å²) in [6.07, 6.45) is 8.66. The van der Waals surface area contributed by atoms with Crippen LogP contribution in [0.5, 0.6) is 0 Å². The Balaban J connectivity index is 1.91. The number of carbonyl (C=O) groups is 1. The molecule has 0 radical (unpaired) electrons. The van der Waals surface area contributed by atoms with Crippen LogP contribution in [-0.4, -0.2) is 12.6 Å². The van der Waals surface area contributed by atoms with E-state index in [-0.39, 0.29) is 5.97 Å². The fourth-order valence-electron chi connectivity index (χ4n) is 1.84. The maximum absolute atomic E-state index is 11.4. The van der Waals surface area contributed by atoms with Crippen LogP contribution in [0.25, 0.3) is 0 Å². The van der Waals surface area contributed by atoms with Crippen LogP contribution in [0.4, 0.5) is 0 Å². The molecule has 1 rings (SSSR count). The van der Waals surface area contributed by atoms with Crippen LogP contribution < -0.4 is 0 Å². The second-order valence-electron chi connectivity index (χ2n) is 4.62. The van der Waals surface area contributed by atoms with Gasteiger partial charge in [0.2, 0.25) is 0 Å². The summed E-state index contributed by atoms with van der Waals surface area (Å²) in [4.78, 5) is 11.4. The zero-order valence-electron chi connectivity index (χ0n) is 11.3. The Bertz CT molecular complexity index is 306. The second kappa shape index (κ2) is 10.1. The van der Waals surface area contributed by atoms with Crippen LogP contribution in [0.2, 0.25) is 0 Å². The van der Waals surface area contributed by atoms with Crippen molar-refractivity contribution in [1.29, 1.82) is 0 Å². The van der Waals surface area contributed by atoms with Gasteiger partial charge in [-0.05, 0) is 28.8 Å². The van der Waals surface area contributed by atoms with Crippen LogP contribution in [0.3, 0.4) is 0 Å². The molecule has 0 saturated heterocycles. The van der Waals surface area contributed by atoms with Gasteiger partial charge in [0.1, 0.15) is 0 Å². The Morgan fingerprint density at radius 2 is 2.00 bits per heavy atom. The average Bonchev–Trinajstić information content (AvgIpc) is 2.87. The molecule has 0 aromatic carbocycles. The molecule has 0 amide bonds. The number of rotatable bonds is 10. The minimum Gasteiger partial charge on any atom is -0.465 e. The predicted octanol–water partition coefficient (Wildman–Crippen LogP) is 4.58. The summed E-state index contributed by atoms with van der Waals surface area (Å²) >= 11 is 1.68. The summed E-state index contributed by atoms with van der Waals surface area (Å²) < 4.78 is 5.21. The quantitative estimate of drug-likeness (QED) is 0.458. The van der Waals surface area contributed by atoms with E-state index in [2.05, 4.69) is 18.4 Å². The van der Waals surface area contributed by atoms with Crippen molar-refractivity contribution in [2.75, 3.05) is 6.61 Å². The minimum absolute atomic E-state index is 0.0410. The van der Waals surface area contributed by atoms with Gasteiger partial charge in [0.15, 0.2) is 0 Å². The summed E-state index contributed by atoms with van der Waals surface area (Å²) in [7, 11) is 0. The number of unbranched alkanes of at least 4 members (excludes halogenated alkanes) is 5. The first-order chi connectivity index (χ1) is 8.83. The highest BCUT2D eigenvalue weighted by molar-refractivity contribution is 7.07. The van der Waals surface area contributed by atoms with Gasteiger partial charge >= 0.3 is 5.97 Å². The van der Waals surface area contributed by atoms with Gasteiger partial charge in [-0.2, -0.15) is 11.3 Å². The van der Waals surface area contributed by atoms with Crippen molar-refractivity contribution >= 4 is 17.3 Å². The molecule has 3 heteroatoms. The van der Waals surface area contributed by atoms with E-state index in [1.165, 1.54) is 31.2 Å². The Morgan fingerprint density at radius 3 is 2.72 bits per heavy atom. The van der Waals surface area contributed by atoms with Gasteiger partial charge in [-0.15, -0.1) is 0 Å². The lowest BCUT2D eigenvalue weighted by molar-refractivity contribution is -0.143. The van der Waals surface area contributed by atoms with Crippen LogP contribution >= 0.6 is 11.3 Å². The maximum Gasteiger partial charge on any atom is 0.305 e. The molecule has 1 heterocycles. The van der Waals surface area contributed by atoms with Gasteiger partial charge in [-0.3, -0.25) is 4.79 Å². The van der Waals surface area contributed by atoms with Crippen molar-refractivity contribution in [3.63, 3.8) is 0 Å². The number of hydrogen-bond acceptors (Lipinski definition) is 3. The highest BCUT2D eigenvalue weighted by Crippen LogP contribution is 2.09. The largest absolute Gasteiger partial charge is 0.465 e.